The molecule has 1 fully saturated rings. The van der Waals surface area contributed by atoms with Crippen molar-refractivity contribution < 1.29 is 13.6 Å². The maximum Gasteiger partial charge on any atom is 0.257 e. The summed E-state index contributed by atoms with van der Waals surface area (Å²) in [6.07, 6.45) is 0. The number of nitrogens with one attached hydrogen (secondary N) is 2. The van der Waals surface area contributed by atoms with Crippen molar-refractivity contribution >= 4 is 34.2 Å². The van der Waals surface area contributed by atoms with Crippen LogP contribution in [0.15, 0.2) is 16.6 Å². The molecule has 7 heteroatoms. The van der Waals surface area contributed by atoms with E-state index in [9.17, 15) is 13.6 Å². The summed E-state index contributed by atoms with van der Waals surface area (Å²) in [6, 6.07) is 2.14. The summed E-state index contributed by atoms with van der Waals surface area (Å²) in [5.74, 6) is -2.08. The minimum Gasteiger partial charge on any atom is -0.351 e. The Bertz CT molecular complexity index is 432. The largest absolute Gasteiger partial charge is 0.351 e. The summed E-state index contributed by atoms with van der Waals surface area (Å²) in [5, 5.41) is 5.58. The van der Waals surface area contributed by atoms with Gasteiger partial charge in [-0.1, -0.05) is 15.9 Å². The molecule has 1 amide bonds. The number of halogens is 4. The van der Waals surface area contributed by atoms with E-state index in [0.717, 1.165) is 25.2 Å². The lowest BCUT2D eigenvalue weighted by atomic mass is 10.0. The number of amides is 1. The molecular formula is C11H12BrClF2N2O. The SMILES string of the molecule is Cl.O=C(NCC1CNC1)c1c(F)cc(Br)cc1F. The smallest absolute Gasteiger partial charge is 0.257 e. The van der Waals surface area contributed by atoms with Crippen LogP contribution < -0.4 is 10.6 Å². The molecule has 0 saturated carbocycles. The molecule has 0 unspecified atom stereocenters. The van der Waals surface area contributed by atoms with Gasteiger partial charge in [0.1, 0.15) is 17.2 Å². The van der Waals surface area contributed by atoms with E-state index >= 15 is 0 Å². The summed E-state index contributed by atoms with van der Waals surface area (Å²) in [4.78, 5) is 11.6. The van der Waals surface area contributed by atoms with Gasteiger partial charge in [0.2, 0.25) is 0 Å². The first-order valence-electron chi connectivity index (χ1n) is 5.21. The topological polar surface area (TPSA) is 41.1 Å². The number of carbonyl (C=O) groups excluding carboxylic acids is 1. The molecule has 1 aromatic carbocycles. The van der Waals surface area contributed by atoms with Crippen molar-refractivity contribution in [2.45, 2.75) is 0 Å². The molecule has 1 aliphatic rings. The van der Waals surface area contributed by atoms with Gasteiger partial charge in [0.25, 0.3) is 5.91 Å². The van der Waals surface area contributed by atoms with Crippen LogP contribution in [0, 0.1) is 17.6 Å². The second kappa shape index (κ2) is 6.45. The first-order chi connectivity index (χ1) is 8.08. The summed E-state index contributed by atoms with van der Waals surface area (Å²) < 4.78 is 27.1. The van der Waals surface area contributed by atoms with E-state index in [1.807, 2.05) is 0 Å². The summed E-state index contributed by atoms with van der Waals surface area (Å²) >= 11 is 2.96. The minimum absolute atomic E-state index is 0. The minimum atomic E-state index is -0.860. The summed E-state index contributed by atoms with van der Waals surface area (Å²) in [6.45, 7) is 2.08. The molecule has 1 heterocycles. The van der Waals surface area contributed by atoms with E-state index in [2.05, 4.69) is 26.6 Å². The molecule has 3 nitrogen and oxygen atoms in total. The highest BCUT2D eigenvalue weighted by Gasteiger charge is 2.21. The summed E-state index contributed by atoms with van der Waals surface area (Å²) in [7, 11) is 0. The Hall–Kier alpha value is -0.720. The van der Waals surface area contributed by atoms with Crippen molar-refractivity contribution in [3.8, 4) is 0 Å². The zero-order valence-electron chi connectivity index (χ0n) is 9.30. The fourth-order valence-electron chi connectivity index (χ4n) is 1.58. The quantitative estimate of drug-likeness (QED) is 0.884. The Kier molecular flexibility index (Phi) is 5.49. The van der Waals surface area contributed by atoms with Crippen LogP contribution in [0.4, 0.5) is 8.78 Å². The van der Waals surface area contributed by atoms with E-state index in [-0.39, 0.29) is 16.9 Å². The van der Waals surface area contributed by atoms with Crippen molar-refractivity contribution in [3.05, 3.63) is 33.8 Å². The molecule has 1 saturated heterocycles. The molecule has 18 heavy (non-hydrogen) atoms. The maximum atomic E-state index is 13.4. The zero-order chi connectivity index (χ0) is 12.4. The molecule has 0 radical (unpaired) electrons. The fraction of sp³-hybridized carbons (Fsp3) is 0.364. The molecule has 0 aliphatic carbocycles. The zero-order valence-corrected chi connectivity index (χ0v) is 11.7. The van der Waals surface area contributed by atoms with E-state index in [0.29, 0.717) is 12.5 Å². The number of hydrogen-bond acceptors (Lipinski definition) is 2. The highest BCUT2D eigenvalue weighted by Crippen LogP contribution is 2.19. The van der Waals surface area contributed by atoms with Gasteiger partial charge in [-0.3, -0.25) is 4.79 Å². The lowest BCUT2D eigenvalue weighted by Crippen LogP contribution is -2.48. The fourth-order valence-corrected chi connectivity index (χ4v) is 1.98. The molecule has 1 aromatic rings. The highest BCUT2D eigenvalue weighted by atomic mass is 79.9. The van der Waals surface area contributed by atoms with Crippen molar-refractivity contribution in [1.29, 1.82) is 0 Å². The van der Waals surface area contributed by atoms with E-state index in [1.165, 1.54) is 0 Å². The molecule has 0 atom stereocenters. The third-order valence-electron chi connectivity index (χ3n) is 2.65. The van der Waals surface area contributed by atoms with Gasteiger partial charge in [0.05, 0.1) is 0 Å². The Morgan fingerprint density at radius 3 is 2.39 bits per heavy atom. The van der Waals surface area contributed by atoms with Gasteiger partial charge in [0, 0.05) is 30.0 Å². The molecule has 0 spiro atoms. The predicted molar refractivity (Wildman–Crippen MR) is 70.0 cm³/mol. The van der Waals surface area contributed by atoms with Crippen molar-refractivity contribution in [2.24, 2.45) is 5.92 Å². The maximum absolute atomic E-state index is 13.4. The van der Waals surface area contributed by atoms with Crippen LogP contribution in [0.1, 0.15) is 10.4 Å². The number of benzene rings is 1. The van der Waals surface area contributed by atoms with Gasteiger partial charge in [0.15, 0.2) is 0 Å². The molecule has 2 rings (SSSR count). The van der Waals surface area contributed by atoms with Crippen LogP contribution in [-0.4, -0.2) is 25.5 Å². The summed E-state index contributed by atoms with van der Waals surface area (Å²) in [5.41, 5.74) is -0.527. The standard InChI is InChI=1S/C11H11BrF2N2O.ClH/c12-7-1-8(13)10(9(14)2-7)11(17)16-5-6-3-15-4-6;/h1-2,6,15H,3-5H2,(H,16,17);1H. The van der Waals surface area contributed by atoms with Gasteiger partial charge < -0.3 is 10.6 Å². The molecule has 2 N–H and O–H groups in total. The van der Waals surface area contributed by atoms with Crippen molar-refractivity contribution in [2.75, 3.05) is 19.6 Å². The van der Waals surface area contributed by atoms with Gasteiger partial charge in [-0.2, -0.15) is 0 Å². The van der Waals surface area contributed by atoms with E-state index < -0.39 is 23.1 Å². The van der Waals surface area contributed by atoms with Crippen LogP contribution in [0.3, 0.4) is 0 Å². The van der Waals surface area contributed by atoms with Gasteiger partial charge in [-0.05, 0) is 12.1 Å². The second-order valence-electron chi connectivity index (χ2n) is 3.98. The average Bonchev–Trinajstić information content (AvgIpc) is 2.13. The number of carbonyl (C=O) groups is 1. The molecule has 100 valence electrons. The van der Waals surface area contributed by atoms with Gasteiger partial charge >= 0.3 is 0 Å². The Morgan fingerprint density at radius 1 is 1.39 bits per heavy atom. The lowest BCUT2D eigenvalue weighted by Gasteiger charge is -2.27. The van der Waals surface area contributed by atoms with Crippen molar-refractivity contribution in [1.82, 2.24) is 10.6 Å². The third kappa shape index (κ3) is 3.40. The monoisotopic (exact) mass is 340 g/mol. The Labute approximate surface area is 118 Å². The van der Waals surface area contributed by atoms with Gasteiger partial charge in [-0.15, -0.1) is 12.4 Å². The molecule has 0 aromatic heterocycles. The lowest BCUT2D eigenvalue weighted by molar-refractivity contribution is 0.0933. The van der Waals surface area contributed by atoms with Crippen LogP contribution in [-0.2, 0) is 0 Å². The van der Waals surface area contributed by atoms with E-state index in [4.69, 9.17) is 0 Å². The predicted octanol–water partition coefficient (Wildman–Crippen LogP) is 2.10. The van der Waals surface area contributed by atoms with Crippen LogP contribution in [0.2, 0.25) is 0 Å². The molecular weight excluding hydrogens is 329 g/mol. The first kappa shape index (κ1) is 15.3. The number of hydrogen-bond donors (Lipinski definition) is 2. The van der Waals surface area contributed by atoms with E-state index in [1.54, 1.807) is 0 Å². The van der Waals surface area contributed by atoms with Crippen LogP contribution >= 0.6 is 28.3 Å². The Balaban J connectivity index is 0.00000162. The second-order valence-corrected chi connectivity index (χ2v) is 4.89. The first-order valence-corrected chi connectivity index (χ1v) is 6.00. The highest BCUT2D eigenvalue weighted by molar-refractivity contribution is 9.10. The van der Waals surface area contributed by atoms with Crippen molar-refractivity contribution in [3.63, 3.8) is 0 Å². The normalized spacial score (nSPS) is 14.6. The Morgan fingerprint density at radius 2 is 1.94 bits per heavy atom. The van der Waals surface area contributed by atoms with Gasteiger partial charge in [-0.25, -0.2) is 8.78 Å². The molecule has 1 aliphatic heterocycles. The average molecular weight is 342 g/mol. The number of rotatable bonds is 3. The van der Waals surface area contributed by atoms with Crippen LogP contribution in [0.5, 0.6) is 0 Å². The van der Waals surface area contributed by atoms with Crippen LogP contribution in [0.25, 0.3) is 0 Å². The third-order valence-corrected chi connectivity index (χ3v) is 3.11. The molecule has 0 bridgehead atoms.